The van der Waals surface area contributed by atoms with E-state index >= 15 is 0 Å². The van der Waals surface area contributed by atoms with Gasteiger partial charge in [-0.15, -0.1) is 0 Å². The molecule has 0 spiro atoms. The van der Waals surface area contributed by atoms with E-state index in [-0.39, 0.29) is 22.6 Å². The summed E-state index contributed by atoms with van der Waals surface area (Å²) >= 11 is 0. The molecule has 0 atom stereocenters. The molecule has 0 saturated heterocycles. The van der Waals surface area contributed by atoms with Crippen molar-refractivity contribution in [3.05, 3.63) is 80.1 Å². The van der Waals surface area contributed by atoms with Gasteiger partial charge < -0.3 is 9.15 Å². The lowest BCUT2D eigenvalue weighted by Gasteiger charge is -2.09. The molecule has 0 unspecified atom stereocenters. The van der Waals surface area contributed by atoms with Gasteiger partial charge in [-0.05, 0) is 43.0 Å². The molecule has 0 fully saturated rings. The van der Waals surface area contributed by atoms with Crippen LogP contribution in [0.5, 0.6) is 5.75 Å². The summed E-state index contributed by atoms with van der Waals surface area (Å²) in [6.45, 7) is 0. The molecule has 7 nitrogen and oxygen atoms in total. The van der Waals surface area contributed by atoms with Gasteiger partial charge in [-0.3, -0.25) is 4.79 Å². The van der Waals surface area contributed by atoms with E-state index in [1.807, 2.05) is 0 Å². The first-order valence-corrected chi connectivity index (χ1v) is 9.30. The molecule has 7 heteroatoms. The molecule has 29 heavy (non-hydrogen) atoms. The lowest BCUT2D eigenvalue weighted by molar-refractivity contribution is 0.0728. The number of rotatable bonds is 2. The quantitative estimate of drug-likeness (QED) is 0.298. The Morgan fingerprint density at radius 2 is 1.79 bits per heavy atom. The average molecular weight is 388 g/mol. The van der Waals surface area contributed by atoms with Gasteiger partial charge in [-0.25, -0.2) is 14.3 Å². The van der Waals surface area contributed by atoms with Gasteiger partial charge in [0.25, 0.3) is 5.56 Å². The molecule has 0 bridgehead atoms. The maximum Gasteiger partial charge on any atom is 0.364 e. The number of carbonyl (C=O) groups is 1. The van der Waals surface area contributed by atoms with Gasteiger partial charge in [-0.1, -0.05) is 18.2 Å². The highest BCUT2D eigenvalue weighted by atomic mass is 16.5. The Bertz CT molecular complexity index is 1430. The maximum atomic E-state index is 12.8. The van der Waals surface area contributed by atoms with Crippen LogP contribution in [0.15, 0.2) is 56.5 Å². The summed E-state index contributed by atoms with van der Waals surface area (Å²) in [5.41, 5.74) is 1.55. The highest BCUT2D eigenvalue weighted by molar-refractivity contribution is 6.03. The van der Waals surface area contributed by atoms with E-state index in [1.165, 1.54) is 13.1 Å². The second kappa shape index (κ2) is 6.41. The minimum absolute atomic E-state index is 0.0400. The van der Waals surface area contributed by atoms with E-state index in [1.54, 1.807) is 36.4 Å². The SMILES string of the molecule is Cn1nc(C(=O)Oc2ccc3c4c(c(=O)oc3c2)CCC4)c2ccccc2c1=O. The standard InChI is InChI=1S/C22H16N2O5/c1-24-20(25)16-6-3-2-5-15(16)19(23-24)22(27)28-12-9-10-14-13-7-4-8-17(13)21(26)29-18(14)11-12/h2-3,5-6,9-11H,4,7-8H2,1H3. The van der Waals surface area contributed by atoms with Crippen LogP contribution in [-0.2, 0) is 19.9 Å². The van der Waals surface area contributed by atoms with Gasteiger partial charge >= 0.3 is 11.6 Å². The molecule has 1 aliphatic carbocycles. The Balaban J connectivity index is 1.57. The Labute approximate surface area is 164 Å². The van der Waals surface area contributed by atoms with Crippen molar-refractivity contribution in [2.75, 3.05) is 0 Å². The molecule has 144 valence electrons. The van der Waals surface area contributed by atoms with Crippen molar-refractivity contribution < 1.29 is 13.9 Å². The molecule has 0 N–H and O–H groups in total. The third-order valence-corrected chi connectivity index (χ3v) is 5.31. The zero-order valence-corrected chi connectivity index (χ0v) is 15.6. The zero-order chi connectivity index (χ0) is 20.1. The molecule has 1 aliphatic rings. The number of nitrogens with zero attached hydrogens (tertiary/aromatic N) is 2. The van der Waals surface area contributed by atoms with Crippen LogP contribution < -0.4 is 15.9 Å². The molecule has 5 rings (SSSR count). The van der Waals surface area contributed by atoms with Crippen molar-refractivity contribution in [3.63, 3.8) is 0 Å². The van der Waals surface area contributed by atoms with Gasteiger partial charge in [0.1, 0.15) is 11.3 Å². The Morgan fingerprint density at radius 3 is 2.62 bits per heavy atom. The number of aromatic nitrogens is 2. The Kier molecular flexibility index (Phi) is 3.84. The molecule has 0 radical (unpaired) electrons. The molecule has 0 saturated carbocycles. The molecule has 2 aromatic carbocycles. The van der Waals surface area contributed by atoms with Crippen molar-refractivity contribution in [1.82, 2.24) is 9.78 Å². The number of hydrogen-bond donors (Lipinski definition) is 0. The van der Waals surface area contributed by atoms with Gasteiger partial charge in [0.2, 0.25) is 0 Å². The Hall–Kier alpha value is -3.74. The second-order valence-electron chi connectivity index (χ2n) is 7.07. The first-order chi connectivity index (χ1) is 14.0. The highest BCUT2D eigenvalue weighted by Crippen LogP contribution is 2.30. The predicted octanol–water partition coefficient (Wildman–Crippen LogP) is 2.75. The molecule has 0 amide bonds. The Morgan fingerprint density at radius 1 is 1.03 bits per heavy atom. The van der Waals surface area contributed by atoms with Crippen molar-refractivity contribution in [2.24, 2.45) is 7.05 Å². The van der Waals surface area contributed by atoms with Gasteiger partial charge in [-0.2, -0.15) is 5.10 Å². The summed E-state index contributed by atoms with van der Waals surface area (Å²) in [6.07, 6.45) is 2.50. The average Bonchev–Trinajstić information content (AvgIpc) is 3.21. The number of esters is 1. The van der Waals surface area contributed by atoms with Gasteiger partial charge in [0, 0.05) is 29.4 Å². The fourth-order valence-corrected chi connectivity index (χ4v) is 3.93. The fraction of sp³-hybridized carbons (Fsp3) is 0.182. The van der Waals surface area contributed by atoms with Crippen molar-refractivity contribution >= 4 is 27.7 Å². The molecule has 4 aromatic rings. The highest BCUT2D eigenvalue weighted by Gasteiger charge is 2.21. The predicted molar refractivity (Wildman–Crippen MR) is 106 cm³/mol. The van der Waals surface area contributed by atoms with Crippen molar-refractivity contribution in [2.45, 2.75) is 19.3 Å². The number of hydrogen-bond acceptors (Lipinski definition) is 6. The lowest BCUT2D eigenvalue weighted by atomic mass is 10.1. The summed E-state index contributed by atoms with van der Waals surface area (Å²) in [5, 5.41) is 5.75. The van der Waals surface area contributed by atoms with Crippen LogP contribution in [0.2, 0.25) is 0 Å². The van der Waals surface area contributed by atoms with Gasteiger partial charge in [0.15, 0.2) is 5.69 Å². The summed E-state index contributed by atoms with van der Waals surface area (Å²) in [5.74, 6) is -0.456. The number of ether oxygens (including phenoxy) is 1. The van der Waals surface area contributed by atoms with E-state index in [4.69, 9.17) is 9.15 Å². The zero-order valence-electron chi connectivity index (χ0n) is 15.6. The maximum absolute atomic E-state index is 12.8. The summed E-state index contributed by atoms with van der Waals surface area (Å²) in [4.78, 5) is 37.2. The molecular weight excluding hydrogens is 372 g/mol. The number of aryl methyl sites for hydroxylation is 2. The van der Waals surface area contributed by atoms with E-state index in [0.29, 0.717) is 16.4 Å². The topological polar surface area (TPSA) is 91.4 Å². The van der Waals surface area contributed by atoms with Crippen LogP contribution in [0.1, 0.15) is 28.0 Å². The molecule has 2 aromatic heterocycles. The third kappa shape index (κ3) is 2.74. The summed E-state index contributed by atoms with van der Waals surface area (Å²) < 4.78 is 12.0. The van der Waals surface area contributed by atoms with Crippen LogP contribution in [0.3, 0.4) is 0 Å². The van der Waals surface area contributed by atoms with E-state index in [2.05, 4.69) is 5.10 Å². The summed E-state index contributed by atoms with van der Waals surface area (Å²) in [6, 6.07) is 11.8. The first kappa shape index (κ1) is 17.4. The van der Waals surface area contributed by atoms with Gasteiger partial charge in [0.05, 0.1) is 5.39 Å². The lowest BCUT2D eigenvalue weighted by Crippen LogP contribution is -2.24. The van der Waals surface area contributed by atoms with Crippen LogP contribution in [0.4, 0.5) is 0 Å². The molecular formula is C22H16N2O5. The van der Waals surface area contributed by atoms with Crippen LogP contribution in [-0.4, -0.2) is 15.7 Å². The van der Waals surface area contributed by atoms with E-state index < -0.39 is 5.97 Å². The smallest absolute Gasteiger partial charge is 0.364 e. The number of benzene rings is 2. The minimum atomic E-state index is -0.695. The van der Waals surface area contributed by atoms with Crippen molar-refractivity contribution in [3.8, 4) is 5.75 Å². The minimum Gasteiger partial charge on any atom is -0.422 e. The third-order valence-electron chi connectivity index (χ3n) is 5.31. The first-order valence-electron chi connectivity index (χ1n) is 9.30. The second-order valence-corrected chi connectivity index (χ2v) is 7.07. The molecule has 0 aliphatic heterocycles. The monoisotopic (exact) mass is 388 g/mol. The number of fused-ring (bicyclic) bond motifs is 4. The van der Waals surface area contributed by atoms with E-state index in [9.17, 15) is 14.4 Å². The van der Waals surface area contributed by atoms with Crippen LogP contribution >= 0.6 is 0 Å². The summed E-state index contributed by atoms with van der Waals surface area (Å²) in [7, 11) is 1.48. The molecule has 2 heterocycles. The van der Waals surface area contributed by atoms with Crippen LogP contribution in [0.25, 0.3) is 21.7 Å². The van der Waals surface area contributed by atoms with Crippen molar-refractivity contribution in [1.29, 1.82) is 0 Å². The van der Waals surface area contributed by atoms with E-state index in [0.717, 1.165) is 40.5 Å². The largest absolute Gasteiger partial charge is 0.422 e. The normalized spacial score (nSPS) is 13.0. The van der Waals surface area contributed by atoms with Crippen LogP contribution in [0, 0.1) is 0 Å². The fourth-order valence-electron chi connectivity index (χ4n) is 3.93. The number of carbonyl (C=O) groups excluding carboxylic acids is 1.